The molecule has 0 amide bonds. The Hall–Kier alpha value is 0. The molecule has 0 heterocycles. The van der Waals surface area contributed by atoms with E-state index in [1.54, 1.807) is 0 Å². The summed E-state index contributed by atoms with van der Waals surface area (Å²) in [7, 11) is 0. The second-order valence-electron chi connectivity index (χ2n) is 7.01. The van der Waals surface area contributed by atoms with Gasteiger partial charge in [0.25, 0.3) is 0 Å². The summed E-state index contributed by atoms with van der Waals surface area (Å²) >= 11 is 0. The van der Waals surface area contributed by atoms with Crippen LogP contribution in [0.4, 0.5) is 0 Å². The van der Waals surface area contributed by atoms with Crippen molar-refractivity contribution < 1.29 is 0 Å². The predicted molar refractivity (Wildman–Crippen MR) is 71.3 cm³/mol. The van der Waals surface area contributed by atoms with Crippen LogP contribution in [0.2, 0.25) is 0 Å². The molecule has 0 spiro atoms. The zero-order chi connectivity index (χ0) is 11.7. The maximum absolute atomic E-state index is 2.45. The van der Waals surface area contributed by atoms with Gasteiger partial charge in [-0.05, 0) is 48.3 Å². The van der Waals surface area contributed by atoms with Crippen LogP contribution in [0, 0.1) is 35.5 Å². The zero-order valence-electron chi connectivity index (χ0n) is 11.7. The van der Waals surface area contributed by atoms with E-state index in [2.05, 4.69) is 27.7 Å². The average molecular weight is 222 g/mol. The summed E-state index contributed by atoms with van der Waals surface area (Å²) in [6.45, 7) is 9.81. The van der Waals surface area contributed by atoms with Gasteiger partial charge in [0.1, 0.15) is 0 Å². The maximum atomic E-state index is 2.45. The van der Waals surface area contributed by atoms with Crippen LogP contribution in [0.25, 0.3) is 0 Å². The third-order valence-electron chi connectivity index (χ3n) is 5.48. The molecule has 0 aromatic carbocycles. The van der Waals surface area contributed by atoms with E-state index in [1.165, 1.54) is 38.5 Å². The number of hydrogen-bond acceptors (Lipinski definition) is 0. The molecule has 0 aliphatic heterocycles. The lowest BCUT2D eigenvalue weighted by Gasteiger charge is -2.34. The van der Waals surface area contributed by atoms with Crippen molar-refractivity contribution in [2.24, 2.45) is 35.5 Å². The van der Waals surface area contributed by atoms with Crippen molar-refractivity contribution in [1.29, 1.82) is 0 Å². The molecule has 2 unspecified atom stereocenters. The van der Waals surface area contributed by atoms with E-state index in [0.717, 1.165) is 35.5 Å². The summed E-state index contributed by atoms with van der Waals surface area (Å²) in [6.07, 6.45) is 9.13. The molecule has 2 saturated carbocycles. The lowest BCUT2D eigenvalue weighted by Crippen LogP contribution is -2.28. The summed E-state index contributed by atoms with van der Waals surface area (Å²) in [4.78, 5) is 0. The third kappa shape index (κ3) is 2.31. The highest BCUT2D eigenvalue weighted by Gasteiger charge is 2.43. The molecule has 94 valence electrons. The molecule has 2 aliphatic carbocycles. The van der Waals surface area contributed by atoms with E-state index in [9.17, 15) is 0 Å². The van der Waals surface area contributed by atoms with Crippen molar-refractivity contribution in [2.75, 3.05) is 0 Å². The van der Waals surface area contributed by atoms with Gasteiger partial charge in [0, 0.05) is 0 Å². The highest BCUT2D eigenvalue weighted by molar-refractivity contribution is 4.92. The molecule has 0 aromatic rings. The summed E-state index contributed by atoms with van der Waals surface area (Å²) in [6, 6.07) is 0. The Morgan fingerprint density at radius 3 is 1.50 bits per heavy atom. The Kier molecular flexibility index (Phi) is 3.97. The largest absolute Gasteiger partial charge is 0.0625 e. The molecule has 0 aromatic heterocycles. The fraction of sp³-hybridized carbons (Fsp3) is 1.00. The molecule has 0 saturated heterocycles. The van der Waals surface area contributed by atoms with Crippen LogP contribution in [-0.4, -0.2) is 0 Å². The first-order valence-electron chi connectivity index (χ1n) is 7.61. The summed E-state index contributed by atoms with van der Waals surface area (Å²) in [5.41, 5.74) is 0. The van der Waals surface area contributed by atoms with E-state index >= 15 is 0 Å². The first-order valence-corrected chi connectivity index (χ1v) is 7.61. The van der Waals surface area contributed by atoms with Crippen LogP contribution < -0.4 is 0 Å². The van der Waals surface area contributed by atoms with Gasteiger partial charge < -0.3 is 0 Å². The van der Waals surface area contributed by atoms with Crippen LogP contribution in [0.1, 0.15) is 66.2 Å². The predicted octanol–water partition coefficient (Wildman–Crippen LogP) is 5.13. The van der Waals surface area contributed by atoms with Gasteiger partial charge in [-0.15, -0.1) is 0 Å². The Morgan fingerprint density at radius 2 is 1.12 bits per heavy atom. The standard InChI is InChI=1S/C16H30/c1-11(2)14-9-10-15(12(3)4)16(14)13-7-5-6-8-13/h11-16H,5-10H2,1-4H3. The zero-order valence-corrected chi connectivity index (χ0v) is 11.7. The van der Waals surface area contributed by atoms with Gasteiger partial charge in [0.05, 0.1) is 0 Å². The smallest absolute Gasteiger partial charge is 0.0324 e. The highest BCUT2D eigenvalue weighted by atomic mass is 14.5. The van der Waals surface area contributed by atoms with Crippen molar-refractivity contribution in [3.63, 3.8) is 0 Å². The topological polar surface area (TPSA) is 0 Å². The SMILES string of the molecule is CC(C)C1CCC(C(C)C)C1C1CCCC1. The molecular weight excluding hydrogens is 192 g/mol. The average Bonchev–Trinajstić information content (AvgIpc) is 2.85. The molecule has 0 nitrogen and oxygen atoms in total. The van der Waals surface area contributed by atoms with Gasteiger partial charge in [-0.3, -0.25) is 0 Å². The van der Waals surface area contributed by atoms with Crippen LogP contribution in [-0.2, 0) is 0 Å². The minimum atomic E-state index is 0.911. The van der Waals surface area contributed by atoms with Gasteiger partial charge in [-0.2, -0.15) is 0 Å². The Labute approximate surface area is 102 Å². The van der Waals surface area contributed by atoms with Crippen molar-refractivity contribution in [1.82, 2.24) is 0 Å². The Bertz CT molecular complexity index is 194. The summed E-state index contributed by atoms with van der Waals surface area (Å²) < 4.78 is 0. The maximum Gasteiger partial charge on any atom is -0.0324 e. The Balaban J connectivity index is 2.11. The van der Waals surface area contributed by atoms with E-state index in [4.69, 9.17) is 0 Å². The van der Waals surface area contributed by atoms with Crippen LogP contribution in [0.3, 0.4) is 0 Å². The molecule has 2 rings (SSSR count). The molecule has 0 N–H and O–H groups in total. The lowest BCUT2D eigenvalue weighted by molar-refractivity contribution is 0.143. The van der Waals surface area contributed by atoms with Crippen LogP contribution >= 0.6 is 0 Å². The van der Waals surface area contributed by atoms with Gasteiger partial charge >= 0.3 is 0 Å². The van der Waals surface area contributed by atoms with Gasteiger partial charge in [0.15, 0.2) is 0 Å². The molecule has 2 aliphatic rings. The Morgan fingerprint density at radius 1 is 0.688 bits per heavy atom. The number of rotatable bonds is 3. The normalized spacial score (nSPS) is 36.8. The summed E-state index contributed by atoms with van der Waals surface area (Å²) in [5.74, 6) is 6.06. The third-order valence-corrected chi connectivity index (χ3v) is 5.48. The van der Waals surface area contributed by atoms with Crippen molar-refractivity contribution in [2.45, 2.75) is 66.2 Å². The van der Waals surface area contributed by atoms with Crippen molar-refractivity contribution in [3.05, 3.63) is 0 Å². The van der Waals surface area contributed by atoms with Crippen LogP contribution in [0.5, 0.6) is 0 Å². The quantitative estimate of drug-likeness (QED) is 0.621. The molecular formula is C16H30. The molecule has 0 bridgehead atoms. The van der Waals surface area contributed by atoms with Gasteiger partial charge in [-0.1, -0.05) is 53.4 Å². The van der Waals surface area contributed by atoms with E-state index in [1.807, 2.05) is 0 Å². The minimum Gasteiger partial charge on any atom is -0.0625 e. The van der Waals surface area contributed by atoms with E-state index in [-0.39, 0.29) is 0 Å². The fourth-order valence-electron chi connectivity index (χ4n) is 4.68. The van der Waals surface area contributed by atoms with Gasteiger partial charge in [-0.25, -0.2) is 0 Å². The van der Waals surface area contributed by atoms with E-state index < -0.39 is 0 Å². The lowest BCUT2D eigenvalue weighted by atomic mass is 9.71. The first kappa shape index (κ1) is 12.5. The molecule has 2 atom stereocenters. The monoisotopic (exact) mass is 222 g/mol. The highest BCUT2D eigenvalue weighted by Crippen LogP contribution is 2.51. The van der Waals surface area contributed by atoms with Crippen molar-refractivity contribution >= 4 is 0 Å². The molecule has 0 heteroatoms. The van der Waals surface area contributed by atoms with Crippen molar-refractivity contribution in [3.8, 4) is 0 Å². The molecule has 0 radical (unpaired) electrons. The second-order valence-corrected chi connectivity index (χ2v) is 7.01. The molecule has 2 fully saturated rings. The first-order chi connectivity index (χ1) is 7.61. The number of hydrogen-bond donors (Lipinski definition) is 0. The molecule has 16 heavy (non-hydrogen) atoms. The second kappa shape index (κ2) is 5.10. The van der Waals surface area contributed by atoms with Gasteiger partial charge in [0.2, 0.25) is 0 Å². The fourth-order valence-corrected chi connectivity index (χ4v) is 4.68. The van der Waals surface area contributed by atoms with Crippen LogP contribution in [0.15, 0.2) is 0 Å². The summed E-state index contributed by atoms with van der Waals surface area (Å²) in [5, 5.41) is 0. The minimum absolute atomic E-state index is 0.911. The van der Waals surface area contributed by atoms with E-state index in [0.29, 0.717) is 0 Å².